The summed E-state index contributed by atoms with van der Waals surface area (Å²) in [5.74, 6) is -0.452. The van der Waals surface area contributed by atoms with Crippen LogP contribution in [0.25, 0.3) is 0 Å². The van der Waals surface area contributed by atoms with Crippen molar-refractivity contribution in [2.24, 2.45) is 5.92 Å². The average molecular weight is 303 g/mol. The minimum Gasteiger partial charge on any atom is -0.310 e. The molecule has 1 atom stereocenters. The first-order chi connectivity index (χ1) is 9.39. The van der Waals surface area contributed by atoms with Crippen LogP contribution in [-0.4, -0.2) is 26.5 Å². The zero-order chi connectivity index (χ0) is 14.8. The van der Waals surface area contributed by atoms with Crippen LogP contribution in [0.5, 0.6) is 0 Å². The molecule has 0 spiro atoms. The van der Waals surface area contributed by atoms with Gasteiger partial charge in [-0.25, -0.2) is 17.2 Å². The molecule has 1 aliphatic rings. The second-order valence-electron chi connectivity index (χ2n) is 5.36. The van der Waals surface area contributed by atoms with E-state index in [9.17, 15) is 17.2 Å². The maximum absolute atomic E-state index is 13.6. The normalized spacial score (nSPS) is 20.8. The Labute approximate surface area is 118 Å². The summed E-state index contributed by atoms with van der Waals surface area (Å²) in [4.78, 5) is 0. The van der Waals surface area contributed by atoms with E-state index in [1.165, 1.54) is 18.2 Å². The van der Waals surface area contributed by atoms with Crippen molar-refractivity contribution in [2.45, 2.75) is 25.8 Å². The van der Waals surface area contributed by atoms with E-state index in [-0.39, 0.29) is 23.0 Å². The Morgan fingerprint density at radius 3 is 2.35 bits per heavy atom. The van der Waals surface area contributed by atoms with Crippen LogP contribution in [-0.2, 0) is 9.84 Å². The fourth-order valence-electron chi connectivity index (χ4n) is 2.51. The fraction of sp³-hybridized carbons (Fsp3) is 0.571. The molecule has 1 N–H and O–H groups in total. The highest BCUT2D eigenvalue weighted by Crippen LogP contribution is 2.22. The molecule has 20 heavy (non-hydrogen) atoms. The van der Waals surface area contributed by atoms with E-state index < -0.39 is 27.5 Å². The molecule has 1 fully saturated rings. The highest BCUT2D eigenvalue weighted by atomic mass is 32.2. The molecule has 1 saturated heterocycles. The SMILES string of the molecule is C[C@@H](NCC1CCS(=O)(=O)CC1)c1c(F)cccc1F. The lowest BCUT2D eigenvalue weighted by atomic mass is 10.0. The summed E-state index contributed by atoms with van der Waals surface area (Å²) >= 11 is 0. The molecule has 0 aromatic heterocycles. The van der Waals surface area contributed by atoms with Gasteiger partial charge in [0.15, 0.2) is 0 Å². The summed E-state index contributed by atoms with van der Waals surface area (Å²) in [5, 5.41) is 3.10. The Bertz CT molecular complexity index is 540. The van der Waals surface area contributed by atoms with Crippen LogP contribution in [0.4, 0.5) is 8.78 Å². The van der Waals surface area contributed by atoms with Crippen LogP contribution < -0.4 is 5.32 Å². The standard InChI is InChI=1S/C14H19F2NO2S/c1-10(14-12(15)3-2-4-13(14)16)17-9-11-5-7-20(18,19)8-6-11/h2-4,10-11,17H,5-9H2,1H3/t10-/m1/s1. The molecular weight excluding hydrogens is 284 g/mol. The minimum atomic E-state index is -2.87. The molecule has 112 valence electrons. The third kappa shape index (κ3) is 3.76. The first kappa shape index (κ1) is 15.4. The Balaban J connectivity index is 1.91. The van der Waals surface area contributed by atoms with Crippen LogP contribution >= 0.6 is 0 Å². The van der Waals surface area contributed by atoms with Crippen molar-refractivity contribution in [2.75, 3.05) is 18.1 Å². The number of sulfone groups is 1. The maximum atomic E-state index is 13.6. The minimum absolute atomic E-state index is 0.0379. The van der Waals surface area contributed by atoms with Crippen molar-refractivity contribution in [3.8, 4) is 0 Å². The van der Waals surface area contributed by atoms with Crippen molar-refractivity contribution in [1.82, 2.24) is 5.32 Å². The van der Waals surface area contributed by atoms with Crippen molar-refractivity contribution in [1.29, 1.82) is 0 Å². The smallest absolute Gasteiger partial charge is 0.150 e. The quantitative estimate of drug-likeness (QED) is 0.929. The number of halogens is 2. The van der Waals surface area contributed by atoms with E-state index in [1.807, 2.05) is 0 Å². The molecule has 6 heteroatoms. The van der Waals surface area contributed by atoms with Crippen LogP contribution in [0.1, 0.15) is 31.4 Å². The van der Waals surface area contributed by atoms with Gasteiger partial charge in [-0.05, 0) is 44.4 Å². The molecule has 1 aromatic rings. The van der Waals surface area contributed by atoms with Gasteiger partial charge in [0.05, 0.1) is 11.5 Å². The Morgan fingerprint density at radius 2 is 1.80 bits per heavy atom. The summed E-state index contributed by atoms with van der Waals surface area (Å²) in [6.07, 6.45) is 1.23. The van der Waals surface area contributed by atoms with Gasteiger partial charge in [-0.3, -0.25) is 0 Å². The molecule has 0 amide bonds. The summed E-state index contributed by atoms with van der Waals surface area (Å²) in [5.41, 5.74) is 0.0379. The Kier molecular flexibility index (Phi) is 4.75. The molecule has 0 radical (unpaired) electrons. The van der Waals surface area contributed by atoms with Crippen LogP contribution in [0.2, 0.25) is 0 Å². The lowest BCUT2D eigenvalue weighted by Crippen LogP contribution is -2.32. The molecule has 3 nitrogen and oxygen atoms in total. The fourth-order valence-corrected chi connectivity index (χ4v) is 4.10. The van der Waals surface area contributed by atoms with E-state index in [0.29, 0.717) is 19.4 Å². The zero-order valence-electron chi connectivity index (χ0n) is 11.4. The highest BCUT2D eigenvalue weighted by molar-refractivity contribution is 7.91. The van der Waals surface area contributed by atoms with E-state index in [1.54, 1.807) is 6.92 Å². The second-order valence-corrected chi connectivity index (χ2v) is 7.66. The van der Waals surface area contributed by atoms with Crippen molar-refractivity contribution < 1.29 is 17.2 Å². The topological polar surface area (TPSA) is 46.2 Å². The van der Waals surface area contributed by atoms with Crippen LogP contribution in [0.15, 0.2) is 18.2 Å². The monoisotopic (exact) mass is 303 g/mol. The van der Waals surface area contributed by atoms with Gasteiger partial charge in [0, 0.05) is 11.6 Å². The van der Waals surface area contributed by atoms with E-state index >= 15 is 0 Å². The van der Waals surface area contributed by atoms with Crippen molar-refractivity contribution >= 4 is 9.84 Å². The average Bonchev–Trinajstić information content (AvgIpc) is 2.37. The number of benzene rings is 1. The molecule has 0 unspecified atom stereocenters. The van der Waals surface area contributed by atoms with Gasteiger partial charge in [0.1, 0.15) is 21.5 Å². The lowest BCUT2D eigenvalue weighted by molar-refractivity contribution is 0.398. The summed E-state index contributed by atoms with van der Waals surface area (Å²) in [6.45, 7) is 2.28. The van der Waals surface area contributed by atoms with Gasteiger partial charge in [-0.2, -0.15) is 0 Å². The predicted molar refractivity (Wildman–Crippen MR) is 74.2 cm³/mol. The summed E-state index contributed by atoms with van der Waals surface area (Å²) < 4.78 is 49.9. The number of hydrogen-bond acceptors (Lipinski definition) is 3. The van der Waals surface area contributed by atoms with Gasteiger partial charge in [-0.1, -0.05) is 6.07 Å². The first-order valence-corrected chi connectivity index (χ1v) is 8.59. The summed E-state index contributed by atoms with van der Waals surface area (Å²) in [7, 11) is -2.87. The predicted octanol–water partition coefficient (Wildman–Crippen LogP) is 2.44. The van der Waals surface area contributed by atoms with E-state index in [4.69, 9.17) is 0 Å². The van der Waals surface area contributed by atoms with Gasteiger partial charge < -0.3 is 5.32 Å². The maximum Gasteiger partial charge on any atom is 0.150 e. The summed E-state index contributed by atoms with van der Waals surface area (Å²) in [6, 6.07) is 3.38. The van der Waals surface area contributed by atoms with Gasteiger partial charge in [0.25, 0.3) is 0 Å². The Hall–Kier alpha value is -1.01. The van der Waals surface area contributed by atoms with Crippen molar-refractivity contribution in [3.63, 3.8) is 0 Å². The van der Waals surface area contributed by atoms with Gasteiger partial charge in [-0.15, -0.1) is 0 Å². The van der Waals surface area contributed by atoms with E-state index in [0.717, 1.165) is 0 Å². The molecule has 1 heterocycles. The largest absolute Gasteiger partial charge is 0.310 e. The third-order valence-corrected chi connectivity index (χ3v) is 5.54. The van der Waals surface area contributed by atoms with Crippen LogP contribution in [0, 0.1) is 17.6 Å². The van der Waals surface area contributed by atoms with Crippen LogP contribution in [0.3, 0.4) is 0 Å². The lowest BCUT2D eigenvalue weighted by Gasteiger charge is -2.24. The third-order valence-electron chi connectivity index (χ3n) is 3.82. The van der Waals surface area contributed by atoms with Gasteiger partial charge >= 0.3 is 0 Å². The number of nitrogens with one attached hydrogen (secondary N) is 1. The zero-order valence-corrected chi connectivity index (χ0v) is 12.2. The first-order valence-electron chi connectivity index (χ1n) is 6.77. The highest BCUT2D eigenvalue weighted by Gasteiger charge is 2.24. The molecule has 1 aromatic carbocycles. The molecular formula is C14H19F2NO2S. The molecule has 1 aliphatic heterocycles. The van der Waals surface area contributed by atoms with Gasteiger partial charge in [0.2, 0.25) is 0 Å². The molecule has 2 rings (SSSR count). The number of rotatable bonds is 4. The van der Waals surface area contributed by atoms with Crippen molar-refractivity contribution in [3.05, 3.63) is 35.4 Å². The molecule has 0 saturated carbocycles. The Morgan fingerprint density at radius 1 is 1.25 bits per heavy atom. The number of hydrogen-bond donors (Lipinski definition) is 1. The molecule has 0 aliphatic carbocycles. The second kappa shape index (κ2) is 6.18. The van der Waals surface area contributed by atoms with E-state index in [2.05, 4.69) is 5.32 Å². The molecule has 0 bridgehead atoms.